The molecule has 0 bridgehead atoms. The largest absolute Gasteiger partial charge is 0.497 e. The Kier molecular flexibility index (Phi) is 6.57. The van der Waals surface area contributed by atoms with Crippen LogP contribution in [0.15, 0.2) is 60.5 Å². The molecular weight excluding hydrogens is 512 g/mol. The number of hydrogen-bond donors (Lipinski definition) is 0. The predicted octanol–water partition coefficient (Wildman–Crippen LogP) is 3.17. The Morgan fingerprint density at radius 1 is 1.27 bits per heavy atom. The molecule has 0 unspecified atom stereocenters. The summed E-state index contributed by atoms with van der Waals surface area (Å²) in [6.07, 6.45) is 1.65. The summed E-state index contributed by atoms with van der Waals surface area (Å²) in [4.78, 5) is 31.6. The van der Waals surface area contributed by atoms with Crippen molar-refractivity contribution in [3.05, 3.63) is 77.3 Å². The highest BCUT2D eigenvalue weighted by Crippen LogP contribution is 2.37. The number of esters is 1. The minimum absolute atomic E-state index is 0.190. The van der Waals surface area contributed by atoms with Crippen molar-refractivity contribution in [3.8, 4) is 11.5 Å². The predicted molar refractivity (Wildman–Crippen MR) is 126 cm³/mol. The SMILES string of the molecule is CCOC(=O)C1=C(C)N=c2sc(=Cc3ccc(Br)o3)c(=O)n2[C@@H]1c1cc(OC)ccc1OC. The average Bonchev–Trinajstić information content (AvgIpc) is 3.34. The van der Waals surface area contributed by atoms with Crippen LogP contribution in [-0.2, 0) is 9.53 Å². The minimum Gasteiger partial charge on any atom is -0.497 e. The summed E-state index contributed by atoms with van der Waals surface area (Å²) in [5.41, 5.74) is 1.01. The summed E-state index contributed by atoms with van der Waals surface area (Å²) < 4.78 is 24.3. The number of aromatic nitrogens is 1. The van der Waals surface area contributed by atoms with Crippen LogP contribution >= 0.6 is 27.3 Å². The van der Waals surface area contributed by atoms with E-state index in [1.165, 1.54) is 23.0 Å². The number of methoxy groups -OCH3 is 2. The molecule has 0 aliphatic carbocycles. The van der Waals surface area contributed by atoms with Gasteiger partial charge in [-0.05, 0) is 60.1 Å². The number of rotatable bonds is 6. The van der Waals surface area contributed by atoms with Crippen LogP contribution in [0.3, 0.4) is 0 Å². The van der Waals surface area contributed by atoms with Gasteiger partial charge in [-0.1, -0.05) is 11.3 Å². The molecule has 3 aromatic rings. The first-order chi connectivity index (χ1) is 15.9. The van der Waals surface area contributed by atoms with Crippen LogP contribution in [0.1, 0.15) is 31.2 Å². The monoisotopic (exact) mass is 532 g/mol. The van der Waals surface area contributed by atoms with E-state index < -0.39 is 12.0 Å². The number of nitrogens with zero attached hydrogens (tertiary/aromatic N) is 2. The highest BCUT2D eigenvalue weighted by Gasteiger charge is 2.35. The standard InChI is InChI=1S/C23H21BrN2O6S/c1-5-31-22(28)19-12(2)25-23-26(20(19)15-10-13(29-3)6-8-16(15)30-4)21(27)17(33-23)11-14-7-9-18(24)32-14/h6-11,20H,5H2,1-4H3/t20-/m1/s1. The van der Waals surface area contributed by atoms with Crippen molar-refractivity contribution < 1.29 is 23.4 Å². The summed E-state index contributed by atoms with van der Waals surface area (Å²) >= 11 is 4.48. The summed E-state index contributed by atoms with van der Waals surface area (Å²) in [6, 6.07) is 7.93. The lowest BCUT2D eigenvalue weighted by molar-refractivity contribution is -0.139. The van der Waals surface area contributed by atoms with Gasteiger partial charge in [0.05, 0.1) is 36.6 Å². The van der Waals surface area contributed by atoms with Gasteiger partial charge < -0.3 is 18.6 Å². The van der Waals surface area contributed by atoms with E-state index in [4.69, 9.17) is 18.6 Å². The van der Waals surface area contributed by atoms with Crippen LogP contribution in [0.5, 0.6) is 11.5 Å². The Morgan fingerprint density at radius 3 is 2.70 bits per heavy atom. The summed E-state index contributed by atoms with van der Waals surface area (Å²) in [5.74, 6) is 1.04. The molecule has 0 fully saturated rings. The van der Waals surface area contributed by atoms with Crippen LogP contribution in [0, 0.1) is 0 Å². The van der Waals surface area contributed by atoms with Crippen LogP contribution in [0.2, 0.25) is 0 Å². The Bertz CT molecular complexity index is 1430. The molecule has 0 amide bonds. The molecule has 0 saturated heterocycles. The normalized spacial score (nSPS) is 15.8. The number of hydrogen-bond acceptors (Lipinski definition) is 8. The number of thiazole rings is 1. The maximum Gasteiger partial charge on any atom is 0.338 e. The van der Waals surface area contributed by atoms with Crippen molar-refractivity contribution >= 4 is 39.3 Å². The number of benzene rings is 1. The third kappa shape index (κ3) is 4.28. The quantitative estimate of drug-likeness (QED) is 0.452. The van der Waals surface area contributed by atoms with E-state index in [1.807, 2.05) is 0 Å². The molecule has 0 N–H and O–H groups in total. The number of furan rings is 1. The highest BCUT2D eigenvalue weighted by molar-refractivity contribution is 9.10. The second kappa shape index (κ2) is 9.40. The first kappa shape index (κ1) is 23.1. The van der Waals surface area contributed by atoms with Crippen molar-refractivity contribution in [3.63, 3.8) is 0 Å². The zero-order chi connectivity index (χ0) is 23.7. The smallest absolute Gasteiger partial charge is 0.338 e. The Morgan fingerprint density at radius 2 is 2.06 bits per heavy atom. The Balaban J connectivity index is 2.02. The van der Waals surface area contributed by atoms with Crippen LogP contribution in [0.25, 0.3) is 6.08 Å². The second-order valence-corrected chi connectivity index (χ2v) is 8.84. The van der Waals surface area contributed by atoms with Crippen LogP contribution < -0.4 is 24.4 Å². The molecule has 33 heavy (non-hydrogen) atoms. The molecular formula is C23H21BrN2O6S. The lowest BCUT2D eigenvalue weighted by Gasteiger charge is -2.26. The first-order valence-electron chi connectivity index (χ1n) is 10.0. The minimum atomic E-state index is -0.809. The maximum atomic E-state index is 13.6. The Labute approximate surface area is 201 Å². The van der Waals surface area contributed by atoms with Crippen molar-refractivity contribution in [1.82, 2.24) is 4.57 Å². The number of halogens is 1. The molecule has 1 aromatic carbocycles. The molecule has 0 spiro atoms. The zero-order valence-electron chi connectivity index (χ0n) is 18.4. The van der Waals surface area contributed by atoms with Gasteiger partial charge in [0, 0.05) is 11.6 Å². The molecule has 10 heteroatoms. The fraction of sp³-hybridized carbons (Fsp3) is 0.261. The number of carbonyl (C=O) groups is 1. The number of carbonyl (C=O) groups excluding carboxylic acids is 1. The second-order valence-electron chi connectivity index (χ2n) is 7.05. The van der Waals surface area contributed by atoms with Crippen molar-refractivity contribution in [1.29, 1.82) is 0 Å². The van der Waals surface area contributed by atoms with E-state index in [0.717, 1.165) is 0 Å². The summed E-state index contributed by atoms with van der Waals surface area (Å²) in [5, 5.41) is 0. The third-order valence-electron chi connectivity index (χ3n) is 5.12. The van der Waals surface area contributed by atoms with E-state index in [1.54, 1.807) is 57.4 Å². The molecule has 2 aromatic heterocycles. The van der Waals surface area contributed by atoms with Crippen molar-refractivity contribution in [2.45, 2.75) is 19.9 Å². The lowest BCUT2D eigenvalue weighted by Crippen LogP contribution is -2.40. The summed E-state index contributed by atoms with van der Waals surface area (Å²) in [7, 11) is 3.08. The molecule has 3 heterocycles. The fourth-order valence-corrected chi connectivity index (χ4v) is 5.02. The van der Waals surface area contributed by atoms with Gasteiger partial charge in [-0.3, -0.25) is 9.36 Å². The molecule has 1 aliphatic heterocycles. The summed E-state index contributed by atoms with van der Waals surface area (Å²) in [6.45, 7) is 3.65. The Hall–Kier alpha value is -3.11. The van der Waals surface area contributed by atoms with E-state index in [9.17, 15) is 9.59 Å². The van der Waals surface area contributed by atoms with Gasteiger partial charge >= 0.3 is 5.97 Å². The zero-order valence-corrected chi connectivity index (χ0v) is 20.8. The molecule has 172 valence electrons. The first-order valence-corrected chi connectivity index (χ1v) is 11.7. The van der Waals surface area contributed by atoms with E-state index in [2.05, 4.69) is 20.9 Å². The molecule has 1 atom stereocenters. The third-order valence-corrected chi connectivity index (χ3v) is 6.52. The van der Waals surface area contributed by atoms with E-state index in [-0.39, 0.29) is 17.7 Å². The number of ether oxygens (including phenoxy) is 3. The molecule has 8 nitrogen and oxygen atoms in total. The van der Waals surface area contributed by atoms with Gasteiger partial charge in [-0.25, -0.2) is 9.79 Å². The molecule has 1 aliphatic rings. The molecule has 0 saturated carbocycles. The van der Waals surface area contributed by atoms with E-state index >= 15 is 0 Å². The van der Waals surface area contributed by atoms with Gasteiger partial charge in [0.25, 0.3) is 5.56 Å². The number of fused-ring (bicyclic) bond motifs is 1. The van der Waals surface area contributed by atoms with Gasteiger partial charge in [0.1, 0.15) is 23.3 Å². The van der Waals surface area contributed by atoms with Gasteiger partial charge in [0.2, 0.25) is 0 Å². The fourth-order valence-electron chi connectivity index (χ4n) is 3.67. The lowest BCUT2D eigenvalue weighted by atomic mass is 9.95. The molecule has 0 radical (unpaired) electrons. The van der Waals surface area contributed by atoms with Gasteiger partial charge in [-0.2, -0.15) is 0 Å². The topological polar surface area (TPSA) is 92.3 Å². The van der Waals surface area contributed by atoms with Gasteiger partial charge in [0.15, 0.2) is 9.47 Å². The van der Waals surface area contributed by atoms with Crippen molar-refractivity contribution in [2.75, 3.05) is 20.8 Å². The average molecular weight is 533 g/mol. The number of allylic oxidation sites excluding steroid dienone is 1. The van der Waals surface area contributed by atoms with Crippen LogP contribution in [0.4, 0.5) is 0 Å². The maximum absolute atomic E-state index is 13.6. The van der Waals surface area contributed by atoms with E-state index in [0.29, 0.717) is 42.5 Å². The highest BCUT2D eigenvalue weighted by atomic mass is 79.9. The molecule has 4 rings (SSSR count). The van der Waals surface area contributed by atoms with Crippen LogP contribution in [-0.4, -0.2) is 31.4 Å². The van der Waals surface area contributed by atoms with Crippen molar-refractivity contribution in [2.24, 2.45) is 4.99 Å². The van der Waals surface area contributed by atoms with Gasteiger partial charge in [-0.15, -0.1) is 0 Å².